The topological polar surface area (TPSA) is 105 Å². The molecule has 1 aromatic carbocycles. The van der Waals surface area contributed by atoms with Crippen molar-refractivity contribution in [2.45, 2.75) is 11.3 Å². The molecule has 0 radical (unpaired) electrons. The van der Waals surface area contributed by atoms with E-state index in [1.807, 2.05) is 31.2 Å². The average molecular weight is 381 g/mol. The number of hydrogen-bond acceptors (Lipinski definition) is 8. The summed E-state index contributed by atoms with van der Waals surface area (Å²) in [5, 5.41) is 17.0. The fraction of sp³-hybridized carbons (Fsp3) is 0.333. The normalized spacial score (nSPS) is 10.2. The third-order valence-corrected chi connectivity index (χ3v) is 4.87. The third kappa shape index (κ3) is 6.59. The molecule has 0 bridgehead atoms. The SMILES string of the molecule is CCNC(=O)CNC(=O)CSc1nnc(Nc2ccc(OC)cc2)s1. The molecule has 1 heterocycles. The van der Waals surface area contributed by atoms with Gasteiger partial charge in [0.05, 0.1) is 19.4 Å². The first kappa shape index (κ1) is 19.0. The number of hydrogen-bond donors (Lipinski definition) is 3. The summed E-state index contributed by atoms with van der Waals surface area (Å²) in [6.07, 6.45) is 0. The molecule has 0 aliphatic carbocycles. The van der Waals surface area contributed by atoms with Crippen LogP contribution < -0.4 is 20.7 Å². The van der Waals surface area contributed by atoms with Gasteiger partial charge in [-0.15, -0.1) is 10.2 Å². The standard InChI is InChI=1S/C15H19N5O3S2/c1-3-16-12(21)8-17-13(22)9-24-15-20-19-14(25-15)18-10-4-6-11(23-2)7-5-10/h4-7H,3,8-9H2,1-2H3,(H,16,21)(H,17,22)(H,18,19). The van der Waals surface area contributed by atoms with Crippen LogP contribution in [0.3, 0.4) is 0 Å². The molecule has 0 aliphatic rings. The molecule has 3 N–H and O–H groups in total. The summed E-state index contributed by atoms with van der Waals surface area (Å²) in [5.41, 5.74) is 0.869. The number of rotatable bonds is 9. The van der Waals surface area contributed by atoms with E-state index in [4.69, 9.17) is 4.74 Å². The lowest BCUT2D eigenvalue weighted by atomic mass is 10.3. The molecule has 8 nitrogen and oxygen atoms in total. The number of likely N-dealkylation sites (N-methyl/N-ethyl adjacent to an activating group) is 1. The maximum absolute atomic E-state index is 11.7. The summed E-state index contributed by atoms with van der Waals surface area (Å²) in [6.45, 7) is 2.34. The highest BCUT2D eigenvalue weighted by molar-refractivity contribution is 8.01. The maximum Gasteiger partial charge on any atom is 0.239 e. The first-order valence-electron chi connectivity index (χ1n) is 7.51. The maximum atomic E-state index is 11.7. The quantitative estimate of drug-likeness (QED) is 0.567. The molecule has 2 amide bonds. The Morgan fingerprint density at radius 3 is 2.60 bits per heavy atom. The van der Waals surface area contributed by atoms with Crippen molar-refractivity contribution in [1.82, 2.24) is 20.8 Å². The molecule has 0 aliphatic heterocycles. The van der Waals surface area contributed by atoms with Crippen LogP contribution in [-0.4, -0.2) is 48.0 Å². The van der Waals surface area contributed by atoms with E-state index in [0.29, 0.717) is 16.0 Å². The lowest BCUT2D eigenvalue weighted by molar-refractivity contribution is -0.124. The molecule has 134 valence electrons. The van der Waals surface area contributed by atoms with Crippen LogP contribution in [0.2, 0.25) is 0 Å². The Morgan fingerprint density at radius 1 is 1.16 bits per heavy atom. The Hall–Kier alpha value is -2.33. The van der Waals surface area contributed by atoms with Crippen LogP contribution in [0.5, 0.6) is 5.75 Å². The van der Waals surface area contributed by atoms with Crippen molar-refractivity contribution >= 4 is 45.7 Å². The number of nitrogens with one attached hydrogen (secondary N) is 3. The van der Waals surface area contributed by atoms with E-state index in [0.717, 1.165) is 11.4 Å². The minimum Gasteiger partial charge on any atom is -0.497 e. The van der Waals surface area contributed by atoms with Gasteiger partial charge in [0.2, 0.25) is 16.9 Å². The first-order chi connectivity index (χ1) is 12.1. The van der Waals surface area contributed by atoms with Gasteiger partial charge in [0.1, 0.15) is 5.75 Å². The molecule has 0 saturated carbocycles. The van der Waals surface area contributed by atoms with E-state index in [-0.39, 0.29) is 24.1 Å². The lowest BCUT2D eigenvalue weighted by Gasteiger charge is -2.04. The van der Waals surface area contributed by atoms with Gasteiger partial charge < -0.3 is 20.7 Å². The molecular formula is C15H19N5O3S2. The van der Waals surface area contributed by atoms with Gasteiger partial charge in [0.15, 0.2) is 4.34 Å². The lowest BCUT2D eigenvalue weighted by Crippen LogP contribution is -2.37. The predicted octanol–water partition coefficient (Wildman–Crippen LogP) is 1.63. The van der Waals surface area contributed by atoms with Crippen LogP contribution in [-0.2, 0) is 9.59 Å². The van der Waals surface area contributed by atoms with Crippen LogP contribution >= 0.6 is 23.1 Å². The van der Waals surface area contributed by atoms with Gasteiger partial charge in [-0.25, -0.2) is 0 Å². The van der Waals surface area contributed by atoms with E-state index in [2.05, 4.69) is 26.1 Å². The van der Waals surface area contributed by atoms with Gasteiger partial charge in [-0.2, -0.15) is 0 Å². The van der Waals surface area contributed by atoms with E-state index < -0.39 is 0 Å². The number of methoxy groups -OCH3 is 1. The Labute approximate surface area is 153 Å². The summed E-state index contributed by atoms with van der Waals surface area (Å²) in [6, 6.07) is 7.44. The Kier molecular flexibility index (Phi) is 7.48. The average Bonchev–Trinajstić information content (AvgIpc) is 3.06. The van der Waals surface area contributed by atoms with Crippen molar-refractivity contribution in [3.63, 3.8) is 0 Å². The fourth-order valence-corrected chi connectivity index (χ4v) is 3.34. The van der Waals surface area contributed by atoms with Crippen molar-refractivity contribution in [3.8, 4) is 5.75 Å². The van der Waals surface area contributed by atoms with Crippen molar-refractivity contribution in [2.75, 3.05) is 31.3 Å². The zero-order valence-corrected chi connectivity index (χ0v) is 15.5. The Balaban J connectivity index is 1.76. The second-order valence-corrected chi connectivity index (χ2v) is 6.95. The van der Waals surface area contributed by atoms with Gasteiger partial charge in [0.25, 0.3) is 0 Å². The highest BCUT2D eigenvalue weighted by Crippen LogP contribution is 2.28. The first-order valence-corrected chi connectivity index (χ1v) is 9.31. The summed E-state index contributed by atoms with van der Waals surface area (Å²) in [5.74, 6) is 0.521. The zero-order valence-electron chi connectivity index (χ0n) is 13.9. The summed E-state index contributed by atoms with van der Waals surface area (Å²) < 4.78 is 5.78. The molecule has 0 unspecified atom stereocenters. The van der Waals surface area contributed by atoms with Gasteiger partial charge in [-0.3, -0.25) is 9.59 Å². The van der Waals surface area contributed by atoms with Crippen LogP contribution in [0.15, 0.2) is 28.6 Å². The molecule has 2 aromatic rings. The summed E-state index contributed by atoms with van der Waals surface area (Å²) >= 11 is 2.62. The second-order valence-electron chi connectivity index (χ2n) is 4.75. The number of ether oxygens (including phenoxy) is 1. The van der Waals surface area contributed by atoms with E-state index in [1.165, 1.54) is 23.1 Å². The Morgan fingerprint density at radius 2 is 1.92 bits per heavy atom. The number of amides is 2. The second kappa shape index (κ2) is 9.84. The van der Waals surface area contributed by atoms with Crippen molar-refractivity contribution < 1.29 is 14.3 Å². The monoisotopic (exact) mass is 381 g/mol. The summed E-state index contributed by atoms with van der Waals surface area (Å²) in [7, 11) is 1.61. The zero-order chi connectivity index (χ0) is 18.1. The molecule has 0 atom stereocenters. The molecule has 0 spiro atoms. The van der Waals surface area contributed by atoms with Gasteiger partial charge >= 0.3 is 0 Å². The molecule has 1 aromatic heterocycles. The van der Waals surface area contributed by atoms with Crippen LogP contribution in [0.25, 0.3) is 0 Å². The number of carbonyl (C=O) groups is 2. The number of aromatic nitrogens is 2. The fourth-order valence-electron chi connectivity index (χ4n) is 1.73. The molecule has 10 heteroatoms. The predicted molar refractivity (Wildman–Crippen MR) is 98.6 cm³/mol. The number of anilines is 2. The highest BCUT2D eigenvalue weighted by Gasteiger charge is 2.09. The molecule has 0 saturated heterocycles. The van der Waals surface area contributed by atoms with Crippen LogP contribution in [0.4, 0.5) is 10.8 Å². The number of carbonyl (C=O) groups excluding carboxylic acids is 2. The number of benzene rings is 1. The van der Waals surface area contributed by atoms with E-state index >= 15 is 0 Å². The smallest absolute Gasteiger partial charge is 0.239 e. The minimum absolute atomic E-state index is 0.0202. The van der Waals surface area contributed by atoms with Gasteiger partial charge in [0, 0.05) is 12.2 Å². The molecular weight excluding hydrogens is 362 g/mol. The van der Waals surface area contributed by atoms with Crippen LogP contribution in [0, 0.1) is 0 Å². The van der Waals surface area contributed by atoms with E-state index in [1.54, 1.807) is 7.11 Å². The highest BCUT2D eigenvalue weighted by atomic mass is 32.2. The van der Waals surface area contributed by atoms with Crippen LogP contribution in [0.1, 0.15) is 6.92 Å². The molecule has 0 fully saturated rings. The Bertz CT molecular complexity index is 705. The summed E-state index contributed by atoms with van der Waals surface area (Å²) in [4.78, 5) is 23.0. The van der Waals surface area contributed by atoms with Gasteiger partial charge in [-0.05, 0) is 31.2 Å². The number of nitrogens with zero attached hydrogens (tertiary/aromatic N) is 2. The third-order valence-electron chi connectivity index (χ3n) is 2.89. The number of thioether (sulfide) groups is 1. The van der Waals surface area contributed by atoms with Crippen molar-refractivity contribution in [2.24, 2.45) is 0 Å². The van der Waals surface area contributed by atoms with Crippen molar-refractivity contribution in [3.05, 3.63) is 24.3 Å². The van der Waals surface area contributed by atoms with Gasteiger partial charge in [-0.1, -0.05) is 23.1 Å². The minimum atomic E-state index is -0.226. The largest absolute Gasteiger partial charge is 0.497 e. The molecule has 25 heavy (non-hydrogen) atoms. The van der Waals surface area contributed by atoms with E-state index in [9.17, 15) is 9.59 Å². The molecule has 2 rings (SSSR count). The van der Waals surface area contributed by atoms with Crippen molar-refractivity contribution in [1.29, 1.82) is 0 Å².